The predicted octanol–water partition coefficient (Wildman–Crippen LogP) is 6.87. The van der Waals surface area contributed by atoms with E-state index in [0.29, 0.717) is 30.8 Å². The summed E-state index contributed by atoms with van der Waals surface area (Å²) in [7, 11) is -2.53. The second kappa shape index (κ2) is 10.5. The number of nitrogens with zero attached hydrogens (tertiary/aromatic N) is 1. The van der Waals surface area contributed by atoms with Crippen molar-refractivity contribution in [3.8, 4) is 21.9 Å². The molecular formula is C23H19ClF6N2O4S2. The van der Waals surface area contributed by atoms with Crippen molar-refractivity contribution in [2.45, 2.75) is 29.3 Å². The maximum absolute atomic E-state index is 13.5. The average Bonchev–Trinajstić information content (AvgIpc) is 3.37. The third-order valence-electron chi connectivity index (χ3n) is 5.44. The summed E-state index contributed by atoms with van der Waals surface area (Å²) in [6.45, 7) is 1.06. The Morgan fingerprint density at radius 2 is 1.82 bits per heavy atom. The first-order valence-corrected chi connectivity index (χ1v) is 13.5. The van der Waals surface area contributed by atoms with E-state index >= 15 is 0 Å². The number of hydrogen-bond donors (Lipinski definition) is 1. The number of likely N-dealkylation sites (N-methyl/N-ethyl adjacent to an activating group) is 1. The summed E-state index contributed by atoms with van der Waals surface area (Å²) in [5.41, 5.74) is -1.04. The van der Waals surface area contributed by atoms with Crippen molar-refractivity contribution >= 4 is 38.6 Å². The monoisotopic (exact) mass is 600 g/mol. The molecule has 1 unspecified atom stereocenters. The van der Waals surface area contributed by atoms with Gasteiger partial charge in [-0.2, -0.15) is 13.2 Å². The predicted molar refractivity (Wildman–Crippen MR) is 130 cm³/mol. The van der Waals surface area contributed by atoms with Gasteiger partial charge in [0.1, 0.15) is 21.8 Å². The number of halogens is 7. The summed E-state index contributed by atoms with van der Waals surface area (Å²) in [6.07, 6.45) is -9.63. The Morgan fingerprint density at radius 3 is 2.45 bits per heavy atom. The van der Waals surface area contributed by atoms with E-state index in [1.165, 1.54) is 12.1 Å². The molecule has 2 aromatic carbocycles. The van der Waals surface area contributed by atoms with Crippen molar-refractivity contribution in [3.05, 3.63) is 59.1 Å². The van der Waals surface area contributed by atoms with Crippen molar-refractivity contribution in [2.24, 2.45) is 0 Å². The molecule has 0 saturated carbocycles. The number of thiophene rings is 1. The molecule has 0 aliphatic carbocycles. The van der Waals surface area contributed by atoms with Gasteiger partial charge in [0.05, 0.1) is 21.2 Å². The molecule has 1 aliphatic rings. The van der Waals surface area contributed by atoms with Crippen LogP contribution in [0.1, 0.15) is 12.0 Å². The number of ether oxygens (including phenoxy) is 2. The highest BCUT2D eigenvalue weighted by molar-refractivity contribution is 7.94. The quantitative estimate of drug-likeness (QED) is 0.300. The van der Waals surface area contributed by atoms with Crippen LogP contribution in [-0.2, 0) is 16.2 Å². The molecule has 4 rings (SSSR count). The van der Waals surface area contributed by atoms with Crippen LogP contribution in [0.15, 0.2) is 52.7 Å². The minimum absolute atomic E-state index is 0.0543. The van der Waals surface area contributed by atoms with Gasteiger partial charge < -0.3 is 14.4 Å². The van der Waals surface area contributed by atoms with Gasteiger partial charge in [0.15, 0.2) is 0 Å². The fraction of sp³-hybridized carbons (Fsp3) is 0.304. The number of benzene rings is 2. The van der Waals surface area contributed by atoms with Crippen LogP contribution in [0.2, 0.25) is 5.02 Å². The maximum Gasteiger partial charge on any atom is 0.573 e. The summed E-state index contributed by atoms with van der Waals surface area (Å²) in [6, 6.07) is 8.58. The number of likely N-dealkylation sites (tertiary alicyclic amines) is 1. The molecule has 6 nitrogen and oxygen atoms in total. The lowest BCUT2D eigenvalue weighted by Gasteiger charge is -2.19. The number of rotatable bonds is 7. The zero-order valence-corrected chi connectivity index (χ0v) is 21.7. The van der Waals surface area contributed by atoms with Crippen molar-refractivity contribution in [1.29, 1.82) is 0 Å². The second-order valence-corrected chi connectivity index (χ2v) is 11.8. The van der Waals surface area contributed by atoms with Crippen molar-refractivity contribution in [1.82, 2.24) is 4.90 Å². The van der Waals surface area contributed by atoms with Gasteiger partial charge in [0.2, 0.25) is 0 Å². The minimum Gasteiger partial charge on any atom is -0.488 e. The molecule has 0 amide bonds. The SMILES string of the molecule is CN1CCC(Oc2cc(NS(=O)(=O)c3cc(Cl)c(-c4cccc(OC(F)(F)F)c4)s3)ccc2C(F)(F)F)C1. The van der Waals surface area contributed by atoms with E-state index < -0.39 is 45.7 Å². The summed E-state index contributed by atoms with van der Waals surface area (Å²) < 4.78 is 116. The number of sulfonamides is 1. The van der Waals surface area contributed by atoms with E-state index in [-0.39, 0.29) is 25.4 Å². The number of hydrogen-bond acceptors (Lipinski definition) is 6. The molecule has 1 aliphatic heterocycles. The minimum atomic E-state index is -4.92. The van der Waals surface area contributed by atoms with E-state index in [0.717, 1.165) is 36.4 Å². The molecule has 38 heavy (non-hydrogen) atoms. The molecule has 0 bridgehead atoms. The van der Waals surface area contributed by atoms with E-state index in [1.807, 2.05) is 4.90 Å². The van der Waals surface area contributed by atoms with Crippen LogP contribution >= 0.6 is 22.9 Å². The number of nitrogens with one attached hydrogen (secondary N) is 1. The Bertz CT molecular complexity index is 1430. The van der Waals surface area contributed by atoms with Crippen LogP contribution in [0, 0.1) is 0 Å². The molecule has 0 radical (unpaired) electrons. The van der Waals surface area contributed by atoms with Crippen LogP contribution in [0.25, 0.3) is 10.4 Å². The first-order chi connectivity index (χ1) is 17.6. The highest BCUT2D eigenvalue weighted by Crippen LogP contribution is 2.42. The molecule has 1 aromatic heterocycles. The summed E-state index contributed by atoms with van der Waals surface area (Å²) in [5, 5.41) is -0.0543. The molecule has 0 spiro atoms. The first-order valence-electron chi connectivity index (χ1n) is 10.9. The summed E-state index contributed by atoms with van der Waals surface area (Å²) in [4.78, 5) is 2.05. The van der Waals surface area contributed by atoms with E-state index in [4.69, 9.17) is 16.3 Å². The van der Waals surface area contributed by atoms with Gasteiger partial charge >= 0.3 is 12.5 Å². The van der Waals surface area contributed by atoms with Crippen LogP contribution in [0.5, 0.6) is 11.5 Å². The Balaban J connectivity index is 1.60. The summed E-state index contributed by atoms with van der Waals surface area (Å²) in [5.74, 6) is -1.03. The lowest BCUT2D eigenvalue weighted by atomic mass is 10.1. The first kappa shape index (κ1) is 28.3. The Morgan fingerprint density at radius 1 is 1.08 bits per heavy atom. The molecule has 1 fully saturated rings. The van der Waals surface area contributed by atoms with Crippen LogP contribution in [0.3, 0.4) is 0 Å². The summed E-state index contributed by atoms with van der Waals surface area (Å²) >= 11 is 6.85. The fourth-order valence-corrected chi connectivity index (χ4v) is 6.67. The van der Waals surface area contributed by atoms with Crippen LogP contribution < -0.4 is 14.2 Å². The van der Waals surface area contributed by atoms with E-state index in [1.54, 1.807) is 7.05 Å². The van der Waals surface area contributed by atoms with Crippen molar-refractivity contribution in [2.75, 3.05) is 24.9 Å². The Labute approximate surface area is 222 Å². The van der Waals surface area contributed by atoms with Crippen LogP contribution in [-0.4, -0.2) is 45.9 Å². The average molecular weight is 601 g/mol. The fourth-order valence-electron chi connectivity index (χ4n) is 3.80. The largest absolute Gasteiger partial charge is 0.573 e. The Kier molecular flexibility index (Phi) is 7.81. The van der Waals surface area contributed by atoms with E-state index in [2.05, 4.69) is 9.46 Å². The lowest BCUT2D eigenvalue weighted by Crippen LogP contribution is -2.23. The lowest BCUT2D eigenvalue weighted by molar-refractivity contribution is -0.274. The van der Waals surface area contributed by atoms with Gasteiger partial charge in [-0.3, -0.25) is 4.72 Å². The zero-order chi connectivity index (χ0) is 27.9. The molecule has 1 saturated heterocycles. The van der Waals surface area contributed by atoms with Crippen molar-refractivity contribution in [3.63, 3.8) is 0 Å². The molecule has 206 valence electrons. The topological polar surface area (TPSA) is 67.9 Å². The third-order valence-corrected chi connectivity index (χ3v) is 8.89. The van der Waals surface area contributed by atoms with Gasteiger partial charge in [-0.25, -0.2) is 8.42 Å². The third kappa shape index (κ3) is 6.84. The van der Waals surface area contributed by atoms with Gasteiger partial charge in [-0.15, -0.1) is 24.5 Å². The molecule has 2 heterocycles. The highest BCUT2D eigenvalue weighted by Gasteiger charge is 2.36. The Hall–Kier alpha value is -2.68. The van der Waals surface area contributed by atoms with Crippen molar-refractivity contribution < 1.29 is 44.2 Å². The standard InChI is InChI=1S/C23H19ClF6N2O4S2/c1-32-8-7-16(12-32)35-19-10-14(5-6-17(19)22(25,26)27)31-38(33,34)20-11-18(24)21(37-20)13-3-2-4-15(9-13)36-23(28,29)30/h2-6,9-11,16,31H,7-8,12H2,1H3. The highest BCUT2D eigenvalue weighted by atomic mass is 35.5. The second-order valence-electron chi connectivity index (χ2n) is 8.42. The van der Waals surface area contributed by atoms with Gasteiger partial charge in [0.25, 0.3) is 10.0 Å². The maximum atomic E-state index is 13.5. The zero-order valence-electron chi connectivity index (χ0n) is 19.4. The van der Waals surface area contributed by atoms with E-state index in [9.17, 15) is 34.8 Å². The molecule has 3 aromatic rings. The molecule has 15 heteroatoms. The number of anilines is 1. The smallest absolute Gasteiger partial charge is 0.488 e. The normalized spacial score (nSPS) is 17.0. The molecule has 1 atom stereocenters. The van der Waals surface area contributed by atoms with Crippen LogP contribution in [0.4, 0.5) is 32.0 Å². The van der Waals surface area contributed by atoms with Gasteiger partial charge in [-0.1, -0.05) is 23.7 Å². The van der Waals surface area contributed by atoms with Gasteiger partial charge in [-0.05, 0) is 49.4 Å². The van der Waals surface area contributed by atoms with Gasteiger partial charge in [0, 0.05) is 19.2 Å². The number of alkyl halides is 6. The molecular weight excluding hydrogens is 582 g/mol. The molecule has 1 N–H and O–H groups in total.